The number of carbonyl (C=O) groups is 2. The average Bonchev–Trinajstić information content (AvgIpc) is 2.28. The van der Waals surface area contributed by atoms with Crippen LogP contribution in [-0.4, -0.2) is 28.0 Å². The summed E-state index contributed by atoms with van der Waals surface area (Å²) in [6.45, 7) is 0. The number of carbonyl (C=O) groups excluding carboxylic acids is 1. The Labute approximate surface area is 103 Å². The van der Waals surface area contributed by atoms with Crippen molar-refractivity contribution in [3.63, 3.8) is 0 Å². The number of halogens is 1. The largest absolute Gasteiger partial charge is 0.480 e. The van der Waals surface area contributed by atoms with E-state index in [2.05, 4.69) is 16.2 Å². The van der Waals surface area contributed by atoms with E-state index in [-0.39, 0.29) is 17.1 Å². The molecular formula is C11H9ClN2O3. The summed E-state index contributed by atoms with van der Waals surface area (Å²) in [6, 6.07) is 1.83. The van der Waals surface area contributed by atoms with Gasteiger partial charge < -0.3 is 10.4 Å². The lowest BCUT2D eigenvalue weighted by Crippen LogP contribution is -2.40. The van der Waals surface area contributed by atoms with Gasteiger partial charge in [-0.15, -0.1) is 12.3 Å². The van der Waals surface area contributed by atoms with Crippen molar-refractivity contribution in [3.05, 3.63) is 29.0 Å². The molecule has 2 N–H and O–H groups in total. The summed E-state index contributed by atoms with van der Waals surface area (Å²) in [7, 11) is 0. The monoisotopic (exact) mass is 252 g/mol. The summed E-state index contributed by atoms with van der Waals surface area (Å²) in [5.41, 5.74) is 0.109. The van der Waals surface area contributed by atoms with Crippen LogP contribution in [0.3, 0.4) is 0 Å². The highest BCUT2D eigenvalue weighted by molar-refractivity contribution is 6.32. The zero-order valence-corrected chi connectivity index (χ0v) is 9.44. The predicted octanol–water partition coefficient (Wildman–Crippen LogP) is 0.941. The molecule has 1 amide bonds. The van der Waals surface area contributed by atoms with Gasteiger partial charge in [0, 0.05) is 12.6 Å². The van der Waals surface area contributed by atoms with Gasteiger partial charge in [-0.3, -0.25) is 4.79 Å². The maximum Gasteiger partial charge on any atom is 0.327 e. The Balaban J connectivity index is 2.82. The summed E-state index contributed by atoms with van der Waals surface area (Å²) in [5.74, 6) is 0.359. The Bertz CT molecular complexity index is 482. The summed E-state index contributed by atoms with van der Waals surface area (Å²) < 4.78 is 0. The van der Waals surface area contributed by atoms with Crippen molar-refractivity contribution in [2.24, 2.45) is 0 Å². The topological polar surface area (TPSA) is 79.3 Å². The average molecular weight is 253 g/mol. The number of nitrogens with one attached hydrogen (secondary N) is 1. The summed E-state index contributed by atoms with van der Waals surface area (Å²) in [5, 5.41) is 11.1. The SMILES string of the molecule is C#CCC(NC(=O)c1cccnc1Cl)C(=O)O. The second-order valence-corrected chi connectivity index (χ2v) is 3.47. The second kappa shape index (κ2) is 5.87. The molecular weight excluding hydrogens is 244 g/mol. The highest BCUT2D eigenvalue weighted by Crippen LogP contribution is 2.11. The van der Waals surface area contributed by atoms with Crippen molar-refractivity contribution in [2.45, 2.75) is 12.5 Å². The van der Waals surface area contributed by atoms with Gasteiger partial charge in [-0.05, 0) is 12.1 Å². The number of hydrogen-bond acceptors (Lipinski definition) is 3. The van der Waals surface area contributed by atoms with Gasteiger partial charge in [-0.25, -0.2) is 9.78 Å². The zero-order chi connectivity index (χ0) is 12.8. The van der Waals surface area contributed by atoms with Gasteiger partial charge in [0.2, 0.25) is 0 Å². The molecule has 0 radical (unpaired) electrons. The van der Waals surface area contributed by atoms with Gasteiger partial charge in [-0.1, -0.05) is 11.6 Å². The minimum Gasteiger partial charge on any atom is -0.480 e. The molecule has 0 fully saturated rings. The molecule has 1 rings (SSSR count). The summed E-state index contributed by atoms with van der Waals surface area (Å²) in [4.78, 5) is 26.2. The Hall–Kier alpha value is -2.06. The lowest BCUT2D eigenvalue weighted by molar-refractivity contribution is -0.139. The Morgan fingerprint density at radius 3 is 2.88 bits per heavy atom. The molecule has 0 saturated carbocycles. The van der Waals surface area contributed by atoms with Crippen LogP contribution in [0, 0.1) is 12.3 Å². The van der Waals surface area contributed by atoms with Crippen LogP contribution in [0.5, 0.6) is 0 Å². The smallest absolute Gasteiger partial charge is 0.327 e. The minimum absolute atomic E-state index is 0.00912. The quantitative estimate of drug-likeness (QED) is 0.617. The molecule has 88 valence electrons. The number of amides is 1. The Kier molecular flexibility index (Phi) is 4.49. The third-order valence-electron chi connectivity index (χ3n) is 1.93. The first kappa shape index (κ1) is 13.0. The molecule has 1 atom stereocenters. The molecule has 0 bridgehead atoms. The van der Waals surface area contributed by atoms with Crippen LogP contribution < -0.4 is 5.32 Å². The first-order chi connectivity index (χ1) is 8.06. The molecule has 1 heterocycles. The molecule has 5 nitrogen and oxygen atoms in total. The van der Waals surface area contributed by atoms with Gasteiger partial charge >= 0.3 is 5.97 Å². The molecule has 0 aromatic carbocycles. The number of terminal acetylenes is 1. The van der Waals surface area contributed by atoms with E-state index in [1.54, 1.807) is 0 Å². The van der Waals surface area contributed by atoms with Gasteiger partial charge in [0.25, 0.3) is 5.91 Å². The number of pyridine rings is 1. The Morgan fingerprint density at radius 1 is 1.65 bits per heavy atom. The molecule has 1 aromatic heterocycles. The first-order valence-corrected chi connectivity index (χ1v) is 5.01. The molecule has 1 unspecified atom stereocenters. The van der Waals surface area contributed by atoms with Crippen molar-refractivity contribution < 1.29 is 14.7 Å². The van der Waals surface area contributed by atoms with Crippen molar-refractivity contribution in [1.29, 1.82) is 0 Å². The van der Waals surface area contributed by atoms with Crippen molar-refractivity contribution in [2.75, 3.05) is 0 Å². The number of aromatic nitrogens is 1. The highest BCUT2D eigenvalue weighted by atomic mass is 35.5. The fraction of sp³-hybridized carbons (Fsp3) is 0.182. The van der Waals surface area contributed by atoms with Gasteiger partial charge in [0.1, 0.15) is 11.2 Å². The highest BCUT2D eigenvalue weighted by Gasteiger charge is 2.20. The van der Waals surface area contributed by atoms with Crippen LogP contribution in [0.2, 0.25) is 5.15 Å². The van der Waals surface area contributed by atoms with Crippen LogP contribution in [0.4, 0.5) is 0 Å². The number of rotatable bonds is 4. The fourth-order valence-corrected chi connectivity index (χ4v) is 1.31. The van der Waals surface area contributed by atoms with E-state index in [4.69, 9.17) is 23.1 Å². The first-order valence-electron chi connectivity index (χ1n) is 4.64. The van der Waals surface area contributed by atoms with Crippen LogP contribution in [-0.2, 0) is 4.79 Å². The molecule has 0 saturated heterocycles. The molecule has 17 heavy (non-hydrogen) atoms. The summed E-state index contributed by atoms with van der Waals surface area (Å²) in [6.07, 6.45) is 6.34. The third-order valence-corrected chi connectivity index (χ3v) is 2.23. The summed E-state index contributed by atoms with van der Waals surface area (Å²) >= 11 is 5.70. The molecule has 1 aromatic rings. The third kappa shape index (κ3) is 3.47. The standard InChI is InChI=1S/C11H9ClN2O3/c1-2-4-8(11(16)17)14-10(15)7-5-3-6-13-9(7)12/h1,3,5-6,8H,4H2,(H,14,15)(H,16,17). The lowest BCUT2D eigenvalue weighted by atomic mass is 10.2. The maximum absolute atomic E-state index is 11.7. The van der Waals surface area contributed by atoms with E-state index in [0.717, 1.165) is 0 Å². The van der Waals surface area contributed by atoms with E-state index >= 15 is 0 Å². The van der Waals surface area contributed by atoms with Crippen LogP contribution in [0.15, 0.2) is 18.3 Å². The normalized spacial score (nSPS) is 11.3. The fourth-order valence-electron chi connectivity index (χ4n) is 1.11. The van der Waals surface area contributed by atoms with E-state index in [0.29, 0.717) is 0 Å². The molecule has 6 heteroatoms. The van der Waals surface area contributed by atoms with Crippen molar-refractivity contribution in [3.8, 4) is 12.3 Å². The zero-order valence-electron chi connectivity index (χ0n) is 8.68. The van der Waals surface area contributed by atoms with Gasteiger partial charge in [0.05, 0.1) is 5.56 Å². The lowest BCUT2D eigenvalue weighted by Gasteiger charge is -2.11. The van der Waals surface area contributed by atoms with E-state index in [9.17, 15) is 9.59 Å². The van der Waals surface area contributed by atoms with E-state index < -0.39 is 17.9 Å². The van der Waals surface area contributed by atoms with Crippen LogP contribution in [0.1, 0.15) is 16.8 Å². The van der Waals surface area contributed by atoms with Crippen LogP contribution in [0.25, 0.3) is 0 Å². The predicted molar refractivity (Wildman–Crippen MR) is 61.6 cm³/mol. The van der Waals surface area contributed by atoms with Crippen molar-refractivity contribution in [1.82, 2.24) is 10.3 Å². The minimum atomic E-state index is -1.20. The number of hydrogen-bond donors (Lipinski definition) is 2. The van der Waals surface area contributed by atoms with Crippen LogP contribution >= 0.6 is 11.6 Å². The van der Waals surface area contributed by atoms with Crippen molar-refractivity contribution >= 4 is 23.5 Å². The molecule has 0 aliphatic carbocycles. The van der Waals surface area contributed by atoms with E-state index in [1.807, 2.05) is 0 Å². The molecule has 0 spiro atoms. The van der Waals surface area contributed by atoms with Gasteiger partial charge in [-0.2, -0.15) is 0 Å². The number of aliphatic carboxylic acids is 1. The molecule has 0 aliphatic heterocycles. The van der Waals surface area contributed by atoms with Gasteiger partial charge in [0.15, 0.2) is 0 Å². The maximum atomic E-state index is 11.7. The van der Waals surface area contributed by atoms with E-state index in [1.165, 1.54) is 18.3 Å². The number of nitrogens with zero attached hydrogens (tertiary/aromatic N) is 1. The Morgan fingerprint density at radius 2 is 2.35 bits per heavy atom. The number of carboxylic acid groups (broad SMARTS) is 1. The number of carboxylic acids is 1. The second-order valence-electron chi connectivity index (χ2n) is 3.11. The molecule has 0 aliphatic rings.